The van der Waals surface area contributed by atoms with Crippen molar-refractivity contribution < 1.29 is 9.47 Å². The normalized spacial score (nSPS) is 17.7. The van der Waals surface area contributed by atoms with Gasteiger partial charge in [-0.1, -0.05) is 30.3 Å². The van der Waals surface area contributed by atoms with E-state index in [1.165, 1.54) is 11.1 Å². The third-order valence-electron chi connectivity index (χ3n) is 4.59. The van der Waals surface area contributed by atoms with Crippen LogP contribution in [0.1, 0.15) is 17.4 Å². The Labute approximate surface area is 148 Å². The number of benzene rings is 2. The van der Waals surface area contributed by atoms with Gasteiger partial charge >= 0.3 is 0 Å². The van der Waals surface area contributed by atoms with Gasteiger partial charge in [0.15, 0.2) is 0 Å². The number of rotatable bonds is 5. The van der Waals surface area contributed by atoms with Crippen molar-refractivity contribution in [2.75, 3.05) is 20.3 Å². The molecule has 1 aliphatic heterocycles. The molecule has 1 saturated heterocycles. The summed E-state index contributed by atoms with van der Waals surface area (Å²) in [5.74, 6) is 0.865. The van der Waals surface area contributed by atoms with E-state index in [4.69, 9.17) is 9.47 Å². The Morgan fingerprint density at radius 2 is 1.84 bits per heavy atom. The molecule has 4 nitrogen and oxygen atoms in total. The van der Waals surface area contributed by atoms with Crippen LogP contribution in [0.15, 0.2) is 73.1 Å². The Morgan fingerprint density at radius 1 is 1.04 bits per heavy atom. The number of ether oxygens (including phenoxy) is 2. The average molecular weight is 334 g/mol. The minimum atomic E-state index is 0.0136. The fourth-order valence-corrected chi connectivity index (χ4v) is 3.27. The van der Waals surface area contributed by atoms with Crippen LogP contribution in [0.4, 0.5) is 0 Å². The van der Waals surface area contributed by atoms with Gasteiger partial charge in [0, 0.05) is 36.7 Å². The van der Waals surface area contributed by atoms with Crippen molar-refractivity contribution >= 4 is 0 Å². The monoisotopic (exact) mass is 334 g/mol. The van der Waals surface area contributed by atoms with Gasteiger partial charge < -0.3 is 14.0 Å². The van der Waals surface area contributed by atoms with Gasteiger partial charge in [0.05, 0.1) is 13.7 Å². The van der Waals surface area contributed by atoms with Crippen LogP contribution in [0, 0.1) is 0 Å². The van der Waals surface area contributed by atoms with Crippen molar-refractivity contribution in [3.8, 4) is 11.4 Å². The van der Waals surface area contributed by atoms with E-state index >= 15 is 0 Å². The fourth-order valence-electron chi connectivity index (χ4n) is 3.27. The second-order valence-corrected chi connectivity index (χ2v) is 6.23. The molecular formula is C21H22N2O2. The summed E-state index contributed by atoms with van der Waals surface area (Å²) in [5, 5.41) is 0. The molecule has 2 aromatic carbocycles. The zero-order chi connectivity index (χ0) is 17.1. The lowest BCUT2D eigenvalue weighted by Gasteiger charge is -2.22. The lowest BCUT2D eigenvalue weighted by molar-refractivity contribution is 0.0288. The molecule has 1 aliphatic rings. The predicted molar refractivity (Wildman–Crippen MR) is 97.9 cm³/mol. The van der Waals surface area contributed by atoms with Crippen molar-refractivity contribution in [1.82, 2.24) is 9.47 Å². The molecule has 1 atom stereocenters. The van der Waals surface area contributed by atoms with Crippen molar-refractivity contribution in [3.05, 3.63) is 84.2 Å². The first-order chi connectivity index (χ1) is 12.3. The fraction of sp³-hybridized carbons (Fsp3) is 0.238. The van der Waals surface area contributed by atoms with Gasteiger partial charge in [-0.2, -0.15) is 0 Å². The summed E-state index contributed by atoms with van der Waals surface area (Å²) < 4.78 is 13.4. The van der Waals surface area contributed by atoms with Crippen LogP contribution >= 0.6 is 0 Å². The lowest BCUT2D eigenvalue weighted by atomic mass is 10.2. The first kappa shape index (κ1) is 15.9. The molecule has 0 saturated carbocycles. The summed E-state index contributed by atoms with van der Waals surface area (Å²) in [7, 11) is 1.68. The second kappa shape index (κ2) is 7.13. The molecule has 4 rings (SSSR count). The van der Waals surface area contributed by atoms with E-state index in [2.05, 4.69) is 70.4 Å². The minimum absolute atomic E-state index is 0.0136. The molecule has 0 bridgehead atoms. The SMILES string of the molecule is COc1ccc(-n2ccc(C3OCCN3Cc3ccccc3)c2)cc1. The van der Waals surface area contributed by atoms with Crippen molar-refractivity contribution in [1.29, 1.82) is 0 Å². The number of hydrogen-bond acceptors (Lipinski definition) is 3. The summed E-state index contributed by atoms with van der Waals surface area (Å²) >= 11 is 0. The van der Waals surface area contributed by atoms with Gasteiger partial charge in [0.25, 0.3) is 0 Å². The van der Waals surface area contributed by atoms with E-state index in [1.807, 2.05) is 12.1 Å². The molecule has 1 aromatic heterocycles. The van der Waals surface area contributed by atoms with Crippen LogP contribution in [0.3, 0.4) is 0 Å². The predicted octanol–water partition coefficient (Wildman–Crippen LogP) is 4.02. The molecular weight excluding hydrogens is 312 g/mol. The van der Waals surface area contributed by atoms with Gasteiger partial charge in [-0.15, -0.1) is 0 Å². The molecule has 3 aromatic rings. The molecule has 1 unspecified atom stereocenters. The summed E-state index contributed by atoms with van der Waals surface area (Å²) in [6, 6.07) is 20.7. The Kier molecular flexibility index (Phi) is 4.55. The average Bonchev–Trinajstić information content (AvgIpc) is 3.32. The Morgan fingerprint density at radius 3 is 2.60 bits per heavy atom. The first-order valence-electron chi connectivity index (χ1n) is 8.55. The molecule has 0 aliphatic carbocycles. The second-order valence-electron chi connectivity index (χ2n) is 6.23. The highest BCUT2D eigenvalue weighted by molar-refractivity contribution is 5.39. The van der Waals surface area contributed by atoms with E-state index in [0.717, 1.165) is 31.1 Å². The van der Waals surface area contributed by atoms with Gasteiger partial charge in [-0.3, -0.25) is 4.90 Å². The van der Waals surface area contributed by atoms with E-state index in [1.54, 1.807) is 7.11 Å². The number of methoxy groups -OCH3 is 1. The third kappa shape index (κ3) is 3.45. The van der Waals surface area contributed by atoms with E-state index in [-0.39, 0.29) is 6.23 Å². The van der Waals surface area contributed by atoms with Crippen molar-refractivity contribution in [2.45, 2.75) is 12.8 Å². The Hall–Kier alpha value is -2.56. The lowest BCUT2D eigenvalue weighted by Crippen LogP contribution is -2.23. The van der Waals surface area contributed by atoms with Crippen molar-refractivity contribution in [3.63, 3.8) is 0 Å². The smallest absolute Gasteiger partial charge is 0.138 e. The summed E-state index contributed by atoms with van der Waals surface area (Å²) in [6.45, 7) is 2.62. The summed E-state index contributed by atoms with van der Waals surface area (Å²) in [5.41, 5.74) is 3.61. The van der Waals surface area contributed by atoms with Crippen LogP contribution in [-0.2, 0) is 11.3 Å². The standard InChI is InChI=1S/C21H22N2O2/c1-24-20-9-7-19(8-10-20)22-12-11-18(16-22)21-23(13-14-25-21)15-17-5-3-2-4-6-17/h2-12,16,21H,13-15H2,1H3. The number of aromatic nitrogens is 1. The molecule has 0 spiro atoms. The molecule has 0 radical (unpaired) electrons. The van der Waals surface area contributed by atoms with Crippen LogP contribution in [-0.4, -0.2) is 29.7 Å². The topological polar surface area (TPSA) is 26.6 Å². The minimum Gasteiger partial charge on any atom is -0.497 e. The maximum Gasteiger partial charge on any atom is 0.138 e. The molecule has 2 heterocycles. The number of nitrogens with zero attached hydrogens (tertiary/aromatic N) is 2. The maximum absolute atomic E-state index is 6.00. The van der Waals surface area contributed by atoms with Gasteiger partial charge in [0.1, 0.15) is 12.0 Å². The summed E-state index contributed by atoms with van der Waals surface area (Å²) in [6.07, 6.45) is 4.25. The van der Waals surface area contributed by atoms with Crippen LogP contribution in [0.25, 0.3) is 5.69 Å². The van der Waals surface area contributed by atoms with Crippen LogP contribution < -0.4 is 4.74 Å². The van der Waals surface area contributed by atoms with E-state index in [9.17, 15) is 0 Å². The highest BCUT2D eigenvalue weighted by Crippen LogP contribution is 2.29. The molecule has 128 valence electrons. The zero-order valence-electron chi connectivity index (χ0n) is 14.3. The maximum atomic E-state index is 6.00. The van der Waals surface area contributed by atoms with Gasteiger partial charge in [0.2, 0.25) is 0 Å². The quantitative estimate of drug-likeness (QED) is 0.705. The van der Waals surface area contributed by atoms with Crippen LogP contribution in [0.5, 0.6) is 5.75 Å². The first-order valence-corrected chi connectivity index (χ1v) is 8.55. The highest BCUT2D eigenvalue weighted by Gasteiger charge is 2.27. The third-order valence-corrected chi connectivity index (χ3v) is 4.59. The van der Waals surface area contributed by atoms with Gasteiger partial charge in [-0.05, 0) is 35.9 Å². The molecule has 4 heteroatoms. The largest absolute Gasteiger partial charge is 0.497 e. The number of hydrogen-bond donors (Lipinski definition) is 0. The molecule has 0 amide bonds. The Bertz CT molecular complexity index is 811. The van der Waals surface area contributed by atoms with Gasteiger partial charge in [-0.25, -0.2) is 0 Å². The highest BCUT2D eigenvalue weighted by atomic mass is 16.5. The van der Waals surface area contributed by atoms with E-state index < -0.39 is 0 Å². The molecule has 25 heavy (non-hydrogen) atoms. The van der Waals surface area contributed by atoms with E-state index in [0.29, 0.717) is 0 Å². The zero-order valence-corrected chi connectivity index (χ0v) is 14.3. The molecule has 0 N–H and O–H groups in total. The van der Waals surface area contributed by atoms with Crippen molar-refractivity contribution in [2.24, 2.45) is 0 Å². The Balaban J connectivity index is 1.52. The molecule has 1 fully saturated rings. The summed E-state index contributed by atoms with van der Waals surface area (Å²) in [4.78, 5) is 2.38. The van der Waals surface area contributed by atoms with Crippen LogP contribution in [0.2, 0.25) is 0 Å².